The lowest BCUT2D eigenvalue weighted by Crippen LogP contribution is -2.61. The van der Waals surface area contributed by atoms with Gasteiger partial charge in [-0.15, -0.1) is 0 Å². The predicted molar refractivity (Wildman–Crippen MR) is 103 cm³/mol. The highest BCUT2D eigenvalue weighted by molar-refractivity contribution is 5.92. The van der Waals surface area contributed by atoms with Crippen LogP contribution in [0.25, 0.3) is 0 Å². The van der Waals surface area contributed by atoms with Gasteiger partial charge in [0.05, 0.1) is 12.2 Å². The normalized spacial score (nSPS) is 19.9. The molecule has 0 bridgehead atoms. The fourth-order valence-electron chi connectivity index (χ4n) is 3.01. The molecule has 0 aliphatic carbocycles. The van der Waals surface area contributed by atoms with Gasteiger partial charge in [-0.25, -0.2) is 9.78 Å². The summed E-state index contributed by atoms with van der Waals surface area (Å²) in [6.07, 6.45) is 4.11. The summed E-state index contributed by atoms with van der Waals surface area (Å²) in [4.78, 5) is 48.1. The monoisotopic (exact) mass is 391 g/mol. The van der Waals surface area contributed by atoms with Crippen LogP contribution in [0.5, 0.6) is 0 Å². The zero-order valence-corrected chi connectivity index (χ0v) is 17.1. The molecule has 1 N–H and O–H groups in total. The molecule has 1 aliphatic rings. The van der Waals surface area contributed by atoms with E-state index in [0.717, 1.165) is 0 Å². The molecule has 3 amide bonds. The number of carbonyl (C=O) groups is 3. The van der Waals surface area contributed by atoms with E-state index in [9.17, 15) is 14.4 Å². The Morgan fingerprint density at radius 2 is 1.79 bits per heavy atom. The molecule has 0 radical (unpaired) electrons. The third kappa shape index (κ3) is 5.64. The van der Waals surface area contributed by atoms with Crippen LogP contribution < -0.4 is 5.32 Å². The van der Waals surface area contributed by atoms with Gasteiger partial charge in [-0.3, -0.25) is 14.6 Å². The first-order chi connectivity index (χ1) is 13.1. The van der Waals surface area contributed by atoms with Crippen LogP contribution in [0.2, 0.25) is 0 Å². The molecule has 2 unspecified atom stereocenters. The lowest BCUT2D eigenvalue weighted by atomic mass is 10.0. The van der Waals surface area contributed by atoms with Crippen molar-refractivity contribution in [2.24, 2.45) is 0 Å². The summed E-state index contributed by atoms with van der Waals surface area (Å²) in [5.41, 5.74) is -0.350. The Morgan fingerprint density at radius 3 is 2.39 bits per heavy atom. The van der Waals surface area contributed by atoms with Gasteiger partial charge < -0.3 is 19.9 Å². The van der Waals surface area contributed by atoms with Gasteiger partial charge in [0, 0.05) is 44.5 Å². The molecular weight excluding hydrogens is 362 g/mol. The third-order valence-electron chi connectivity index (χ3n) is 4.63. The van der Waals surface area contributed by atoms with E-state index in [1.807, 2.05) is 34.6 Å². The van der Waals surface area contributed by atoms with E-state index in [1.165, 1.54) is 18.6 Å². The highest BCUT2D eigenvalue weighted by Gasteiger charge is 2.37. The molecule has 0 saturated carbocycles. The number of nitrogens with one attached hydrogen (secondary N) is 1. The standard InChI is InChI=1S/C19H29N5O4/c1-13-14(2)24(18(27)28-19(3,4)5)11-10-23(13)16(25)6-7-22-17(26)15-12-20-8-9-21-15/h8-9,12-14H,6-7,10-11H2,1-5H3,(H,22,26). The zero-order chi connectivity index (χ0) is 20.9. The van der Waals surface area contributed by atoms with Crippen LogP contribution in [0.15, 0.2) is 18.6 Å². The fourth-order valence-corrected chi connectivity index (χ4v) is 3.01. The van der Waals surface area contributed by atoms with Crippen molar-refractivity contribution in [3.05, 3.63) is 24.3 Å². The largest absolute Gasteiger partial charge is 0.444 e. The van der Waals surface area contributed by atoms with E-state index in [0.29, 0.717) is 13.1 Å². The SMILES string of the molecule is CC1C(C)N(C(=O)OC(C)(C)C)CCN1C(=O)CCNC(=O)c1cnccn1. The van der Waals surface area contributed by atoms with E-state index < -0.39 is 5.60 Å². The van der Waals surface area contributed by atoms with Crippen LogP contribution in [-0.2, 0) is 9.53 Å². The van der Waals surface area contributed by atoms with Crippen molar-refractivity contribution in [1.82, 2.24) is 25.1 Å². The molecule has 2 heterocycles. The van der Waals surface area contributed by atoms with Crippen molar-refractivity contribution in [3.8, 4) is 0 Å². The maximum atomic E-state index is 12.6. The molecule has 2 atom stereocenters. The van der Waals surface area contributed by atoms with Crippen LogP contribution in [-0.4, -0.2) is 75.0 Å². The zero-order valence-electron chi connectivity index (χ0n) is 17.1. The van der Waals surface area contributed by atoms with Crippen molar-refractivity contribution in [3.63, 3.8) is 0 Å². The summed E-state index contributed by atoms with van der Waals surface area (Å²) >= 11 is 0. The summed E-state index contributed by atoms with van der Waals surface area (Å²) < 4.78 is 5.45. The van der Waals surface area contributed by atoms with Gasteiger partial charge in [0.15, 0.2) is 0 Å². The third-order valence-corrected chi connectivity index (χ3v) is 4.63. The van der Waals surface area contributed by atoms with Crippen molar-refractivity contribution in [1.29, 1.82) is 0 Å². The van der Waals surface area contributed by atoms with E-state index in [4.69, 9.17) is 4.74 Å². The Bertz CT molecular complexity index is 704. The number of aromatic nitrogens is 2. The van der Waals surface area contributed by atoms with Gasteiger partial charge in [-0.1, -0.05) is 0 Å². The molecule has 2 rings (SSSR count). The van der Waals surface area contributed by atoms with Gasteiger partial charge in [0.1, 0.15) is 11.3 Å². The number of piperazine rings is 1. The molecule has 1 fully saturated rings. The Hall–Kier alpha value is -2.71. The van der Waals surface area contributed by atoms with Crippen LogP contribution in [0.1, 0.15) is 51.5 Å². The number of hydrogen-bond acceptors (Lipinski definition) is 6. The lowest BCUT2D eigenvalue weighted by Gasteiger charge is -2.45. The number of nitrogens with zero attached hydrogens (tertiary/aromatic N) is 4. The van der Waals surface area contributed by atoms with Gasteiger partial charge in [-0.2, -0.15) is 0 Å². The van der Waals surface area contributed by atoms with Crippen molar-refractivity contribution < 1.29 is 19.1 Å². The summed E-state index contributed by atoms with van der Waals surface area (Å²) in [5, 5.41) is 2.67. The van der Waals surface area contributed by atoms with Crippen LogP contribution in [0.3, 0.4) is 0 Å². The lowest BCUT2D eigenvalue weighted by molar-refractivity contribution is -0.137. The summed E-state index contributed by atoms with van der Waals surface area (Å²) in [6.45, 7) is 10.4. The Morgan fingerprint density at radius 1 is 1.14 bits per heavy atom. The average Bonchev–Trinajstić information content (AvgIpc) is 2.62. The minimum atomic E-state index is -0.561. The first-order valence-corrected chi connectivity index (χ1v) is 9.43. The second-order valence-electron chi connectivity index (χ2n) is 7.84. The molecule has 0 spiro atoms. The molecule has 0 aromatic carbocycles. The number of ether oxygens (including phenoxy) is 1. The summed E-state index contributed by atoms with van der Waals surface area (Å²) in [5.74, 6) is -0.431. The molecule has 1 aromatic rings. The molecule has 1 saturated heterocycles. The van der Waals surface area contributed by atoms with E-state index in [-0.39, 0.29) is 48.7 Å². The molecular formula is C19H29N5O4. The van der Waals surface area contributed by atoms with Gasteiger partial charge in [0.25, 0.3) is 5.91 Å². The number of rotatable bonds is 4. The number of amides is 3. The first-order valence-electron chi connectivity index (χ1n) is 9.43. The topological polar surface area (TPSA) is 105 Å². The van der Waals surface area contributed by atoms with E-state index >= 15 is 0 Å². The number of hydrogen-bond donors (Lipinski definition) is 1. The maximum Gasteiger partial charge on any atom is 0.410 e. The molecule has 9 heteroatoms. The summed E-state index contributed by atoms with van der Waals surface area (Å²) in [7, 11) is 0. The van der Waals surface area contributed by atoms with Crippen LogP contribution in [0.4, 0.5) is 4.79 Å². The first kappa shape index (κ1) is 21.6. The second-order valence-corrected chi connectivity index (χ2v) is 7.84. The molecule has 28 heavy (non-hydrogen) atoms. The van der Waals surface area contributed by atoms with Crippen molar-refractivity contribution in [2.75, 3.05) is 19.6 Å². The van der Waals surface area contributed by atoms with Gasteiger partial charge in [0.2, 0.25) is 5.91 Å². The van der Waals surface area contributed by atoms with Gasteiger partial charge >= 0.3 is 6.09 Å². The smallest absolute Gasteiger partial charge is 0.410 e. The fraction of sp³-hybridized carbons (Fsp3) is 0.632. The van der Waals surface area contributed by atoms with Crippen LogP contribution in [0, 0.1) is 0 Å². The van der Waals surface area contributed by atoms with E-state index in [1.54, 1.807) is 9.80 Å². The van der Waals surface area contributed by atoms with Crippen molar-refractivity contribution >= 4 is 17.9 Å². The number of carbonyl (C=O) groups excluding carboxylic acids is 3. The molecule has 9 nitrogen and oxygen atoms in total. The molecule has 1 aromatic heterocycles. The minimum Gasteiger partial charge on any atom is -0.444 e. The highest BCUT2D eigenvalue weighted by Crippen LogP contribution is 2.20. The average molecular weight is 391 g/mol. The Labute approximate surface area is 165 Å². The molecule has 154 valence electrons. The summed E-state index contributed by atoms with van der Waals surface area (Å²) in [6, 6.07) is -0.314. The predicted octanol–water partition coefficient (Wildman–Crippen LogP) is 1.45. The van der Waals surface area contributed by atoms with Gasteiger partial charge in [-0.05, 0) is 34.6 Å². The van der Waals surface area contributed by atoms with E-state index in [2.05, 4.69) is 15.3 Å². The second kappa shape index (κ2) is 8.99. The molecule has 1 aliphatic heterocycles. The Kier molecular flexibility index (Phi) is 6.93. The minimum absolute atomic E-state index is 0.0670. The highest BCUT2D eigenvalue weighted by atomic mass is 16.6. The van der Waals surface area contributed by atoms with Crippen molar-refractivity contribution in [2.45, 2.75) is 58.7 Å². The Balaban J connectivity index is 1.85. The quantitative estimate of drug-likeness (QED) is 0.833. The maximum absolute atomic E-state index is 12.6. The van der Waals surface area contributed by atoms with Crippen LogP contribution >= 0.6 is 0 Å².